The van der Waals surface area contributed by atoms with E-state index in [1.54, 1.807) is 6.07 Å². The van der Waals surface area contributed by atoms with E-state index in [1.165, 1.54) is 0 Å². The molecule has 0 radical (unpaired) electrons. The van der Waals surface area contributed by atoms with Crippen LogP contribution in [-0.4, -0.2) is 29.2 Å². The van der Waals surface area contributed by atoms with Crippen molar-refractivity contribution in [3.05, 3.63) is 34.9 Å². The van der Waals surface area contributed by atoms with Gasteiger partial charge in [-0.1, -0.05) is 49.1 Å². The first kappa shape index (κ1) is 17.0. The Hall–Kier alpha value is -1.88. The van der Waals surface area contributed by atoms with Crippen LogP contribution in [-0.2, 0) is 20.9 Å². The molecule has 1 aliphatic carbocycles. The number of nitrogens with zero attached hydrogens (tertiary/aromatic N) is 1. The van der Waals surface area contributed by atoms with Crippen LogP contribution in [0.1, 0.15) is 44.1 Å². The number of hydrogen-bond donors (Lipinski definition) is 1. The lowest BCUT2D eigenvalue weighted by Gasteiger charge is -2.30. The molecule has 1 N–H and O–H groups in total. The minimum atomic E-state index is -0.543. The molecule has 24 heavy (non-hydrogen) atoms. The summed E-state index contributed by atoms with van der Waals surface area (Å²) >= 11 is 6.05. The molecule has 1 heterocycles. The Bertz CT molecular complexity index is 668. The number of nitrogens with one attached hydrogen (secondary N) is 1. The van der Waals surface area contributed by atoms with E-state index >= 15 is 0 Å². The van der Waals surface area contributed by atoms with Crippen molar-refractivity contribution in [2.24, 2.45) is 5.41 Å². The minimum absolute atomic E-state index is 0.167. The summed E-state index contributed by atoms with van der Waals surface area (Å²) in [5.41, 5.74) is 0.258. The van der Waals surface area contributed by atoms with E-state index in [1.807, 2.05) is 18.2 Å². The highest BCUT2D eigenvalue weighted by Gasteiger charge is 2.51. The van der Waals surface area contributed by atoms with Crippen LogP contribution in [0.3, 0.4) is 0 Å². The Labute approximate surface area is 146 Å². The number of amides is 3. The smallest absolute Gasteiger partial charge is 0.240 e. The number of hydrogen-bond acceptors (Lipinski definition) is 3. The molecule has 1 aromatic carbocycles. The van der Waals surface area contributed by atoms with Gasteiger partial charge in [-0.2, -0.15) is 0 Å². The van der Waals surface area contributed by atoms with Crippen LogP contribution in [0.15, 0.2) is 24.3 Å². The summed E-state index contributed by atoms with van der Waals surface area (Å²) < 4.78 is 0. The van der Waals surface area contributed by atoms with Crippen molar-refractivity contribution in [2.75, 3.05) is 6.54 Å². The van der Waals surface area contributed by atoms with E-state index in [9.17, 15) is 14.4 Å². The second kappa shape index (κ2) is 6.93. The minimum Gasteiger partial charge on any atom is -0.350 e. The average Bonchev–Trinajstić information content (AvgIpc) is 2.79. The Morgan fingerprint density at radius 3 is 2.58 bits per heavy atom. The van der Waals surface area contributed by atoms with Crippen molar-refractivity contribution < 1.29 is 14.4 Å². The van der Waals surface area contributed by atoms with Gasteiger partial charge in [-0.05, 0) is 24.5 Å². The number of halogens is 1. The Kier molecular flexibility index (Phi) is 4.90. The highest BCUT2D eigenvalue weighted by Crippen LogP contribution is 2.45. The standard InChI is InChI=1S/C18H21ClN2O3/c19-14-7-3-2-6-13(14)11-20-15(22)12-21-16(23)10-18(17(21)24)8-4-1-5-9-18/h2-3,6-7H,1,4-5,8-12H2,(H,20,22). The van der Waals surface area contributed by atoms with Gasteiger partial charge in [-0.3, -0.25) is 19.3 Å². The van der Waals surface area contributed by atoms with Gasteiger partial charge in [0.25, 0.3) is 0 Å². The number of rotatable bonds is 4. The van der Waals surface area contributed by atoms with E-state index < -0.39 is 5.41 Å². The zero-order valence-corrected chi connectivity index (χ0v) is 14.3. The maximum atomic E-state index is 12.7. The van der Waals surface area contributed by atoms with E-state index in [4.69, 9.17) is 11.6 Å². The van der Waals surface area contributed by atoms with Crippen LogP contribution in [0.2, 0.25) is 5.02 Å². The summed E-state index contributed by atoms with van der Waals surface area (Å²) in [6.45, 7) is 0.0732. The highest BCUT2D eigenvalue weighted by atomic mass is 35.5. The summed E-state index contributed by atoms with van der Waals surface area (Å²) in [7, 11) is 0. The van der Waals surface area contributed by atoms with E-state index in [-0.39, 0.29) is 37.2 Å². The van der Waals surface area contributed by atoms with Crippen molar-refractivity contribution >= 4 is 29.3 Å². The molecular weight excluding hydrogens is 328 g/mol. The van der Waals surface area contributed by atoms with E-state index in [0.717, 1.165) is 42.6 Å². The van der Waals surface area contributed by atoms with Crippen LogP contribution < -0.4 is 5.32 Å². The lowest BCUT2D eigenvalue weighted by atomic mass is 9.73. The van der Waals surface area contributed by atoms with Crippen LogP contribution in [0, 0.1) is 5.41 Å². The third kappa shape index (κ3) is 3.31. The zero-order chi connectivity index (χ0) is 17.2. The fourth-order valence-corrected chi connectivity index (χ4v) is 3.88. The number of benzene rings is 1. The van der Waals surface area contributed by atoms with Gasteiger partial charge in [0.05, 0.1) is 5.41 Å². The second-order valence-electron chi connectivity index (χ2n) is 6.67. The topological polar surface area (TPSA) is 66.5 Å². The van der Waals surface area contributed by atoms with Crippen LogP contribution in [0.25, 0.3) is 0 Å². The fraction of sp³-hybridized carbons (Fsp3) is 0.500. The Morgan fingerprint density at radius 2 is 1.88 bits per heavy atom. The maximum Gasteiger partial charge on any atom is 0.240 e. The molecule has 3 rings (SSSR count). The van der Waals surface area contributed by atoms with Gasteiger partial charge in [0, 0.05) is 18.0 Å². The van der Waals surface area contributed by atoms with Crippen LogP contribution in [0.4, 0.5) is 0 Å². The summed E-state index contributed by atoms with van der Waals surface area (Å²) in [6.07, 6.45) is 4.84. The highest BCUT2D eigenvalue weighted by molar-refractivity contribution is 6.31. The van der Waals surface area contributed by atoms with Crippen molar-refractivity contribution in [1.29, 1.82) is 0 Å². The van der Waals surface area contributed by atoms with Gasteiger partial charge < -0.3 is 5.32 Å². The summed E-state index contributed by atoms with van der Waals surface area (Å²) in [5, 5.41) is 3.31. The normalized spacial score (nSPS) is 19.8. The molecule has 2 fully saturated rings. The SMILES string of the molecule is O=C(CN1C(=O)CC2(CCCCC2)C1=O)NCc1ccccc1Cl. The van der Waals surface area contributed by atoms with Crippen molar-refractivity contribution in [3.8, 4) is 0 Å². The fourth-order valence-electron chi connectivity index (χ4n) is 3.67. The summed E-state index contributed by atoms with van der Waals surface area (Å²) in [4.78, 5) is 38.2. The molecule has 1 aliphatic heterocycles. The van der Waals surface area contributed by atoms with Gasteiger partial charge in [0.15, 0.2) is 0 Å². The lowest BCUT2D eigenvalue weighted by Crippen LogP contribution is -2.42. The second-order valence-corrected chi connectivity index (χ2v) is 7.08. The molecule has 6 heteroatoms. The first-order valence-corrected chi connectivity index (χ1v) is 8.74. The molecule has 1 saturated heterocycles. The molecule has 5 nitrogen and oxygen atoms in total. The summed E-state index contributed by atoms with van der Waals surface area (Å²) in [5.74, 6) is -0.737. The molecule has 0 unspecified atom stereocenters. The van der Waals surface area contributed by atoms with Crippen LogP contribution >= 0.6 is 11.6 Å². The first-order valence-electron chi connectivity index (χ1n) is 8.37. The van der Waals surface area contributed by atoms with E-state index in [2.05, 4.69) is 5.32 Å². The molecule has 1 saturated carbocycles. The van der Waals surface area contributed by atoms with Gasteiger partial charge in [0.1, 0.15) is 6.54 Å². The van der Waals surface area contributed by atoms with Crippen LogP contribution in [0.5, 0.6) is 0 Å². The number of carbonyl (C=O) groups is 3. The maximum absolute atomic E-state index is 12.7. The largest absolute Gasteiger partial charge is 0.350 e. The average molecular weight is 349 g/mol. The predicted molar refractivity (Wildman–Crippen MR) is 90.2 cm³/mol. The third-order valence-corrected chi connectivity index (χ3v) is 5.40. The molecule has 0 bridgehead atoms. The Balaban J connectivity index is 1.59. The molecule has 2 aliphatic rings. The molecular formula is C18H21ClN2O3. The molecule has 3 amide bonds. The molecule has 128 valence electrons. The molecule has 0 aromatic heterocycles. The van der Waals surface area contributed by atoms with Gasteiger partial charge in [-0.25, -0.2) is 0 Å². The van der Waals surface area contributed by atoms with Gasteiger partial charge in [0.2, 0.25) is 17.7 Å². The number of imide groups is 1. The van der Waals surface area contributed by atoms with E-state index in [0.29, 0.717) is 5.02 Å². The monoisotopic (exact) mass is 348 g/mol. The number of carbonyl (C=O) groups excluding carboxylic acids is 3. The third-order valence-electron chi connectivity index (χ3n) is 5.04. The van der Waals surface area contributed by atoms with Gasteiger partial charge >= 0.3 is 0 Å². The predicted octanol–water partition coefficient (Wildman–Crippen LogP) is 2.67. The van der Waals surface area contributed by atoms with Crippen molar-refractivity contribution in [2.45, 2.75) is 45.1 Å². The quantitative estimate of drug-likeness (QED) is 0.851. The molecule has 0 atom stereocenters. The number of likely N-dealkylation sites (tertiary alicyclic amines) is 1. The van der Waals surface area contributed by atoms with Gasteiger partial charge in [-0.15, -0.1) is 0 Å². The lowest BCUT2D eigenvalue weighted by molar-refractivity contribution is -0.145. The Morgan fingerprint density at radius 1 is 1.17 bits per heavy atom. The van der Waals surface area contributed by atoms with Crippen molar-refractivity contribution in [3.63, 3.8) is 0 Å². The zero-order valence-electron chi connectivity index (χ0n) is 13.5. The van der Waals surface area contributed by atoms with Crippen molar-refractivity contribution in [1.82, 2.24) is 10.2 Å². The first-order chi connectivity index (χ1) is 11.5. The molecule has 1 spiro atoms. The molecule has 1 aromatic rings. The summed E-state index contributed by atoms with van der Waals surface area (Å²) in [6, 6.07) is 7.24.